The monoisotopic (exact) mass is 385 g/mol. The van der Waals surface area contributed by atoms with Crippen LogP contribution in [0.1, 0.15) is 32.4 Å². The predicted octanol–water partition coefficient (Wildman–Crippen LogP) is 2.59. The zero-order chi connectivity index (χ0) is 17.4. The molecule has 0 bridgehead atoms. The van der Waals surface area contributed by atoms with Gasteiger partial charge in [-0.15, -0.1) is 0 Å². The van der Waals surface area contributed by atoms with Gasteiger partial charge in [0.25, 0.3) is 0 Å². The van der Waals surface area contributed by atoms with Crippen LogP contribution in [0, 0.1) is 5.92 Å². The van der Waals surface area contributed by atoms with Crippen molar-refractivity contribution < 1.29 is 14.3 Å². The molecular weight excluding hydrogens is 362 g/mol. The standard InChI is InChI=1S/C16H24BrN3O3/c1-10(2)8-19-16(22)20-15(21)9-18-11(3)12-5-6-14(23-4)13(17)7-12/h5-7,10-11,18H,8-9H2,1-4H3,(H2,19,20,21,22)/t11-/m0/s1. The molecule has 1 rings (SSSR count). The van der Waals surface area contributed by atoms with E-state index in [1.165, 1.54) is 0 Å². The molecule has 3 amide bonds. The molecule has 0 saturated heterocycles. The molecule has 1 atom stereocenters. The molecule has 6 nitrogen and oxygen atoms in total. The van der Waals surface area contributed by atoms with E-state index >= 15 is 0 Å². The van der Waals surface area contributed by atoms with Crippen molar-refractivity contribution in [2.24, 2.45) is 5.92 Å². The summed E-state index contributed by atoms with van der Waals surface area (Å²) in [6.07, 6.45) is 0. The number of nitrogens with one attached hydrogen (secondary N) is 3. The first-order chi connectivity index (χ1) is 10.8. The second-order valence-corrected chi connectivity index (χ2v) is 6.50. The highest BCUT2D eigenvalue weighted by molar-refractivity contribution is 9.10. The van der Waals surface area contributed by atoms with Crippen LogP contribution in [0.4, 0.5) is 4.79 Å². The minimum atomic E-state index is -0.467. The van der Waals surface area contributed by atoms with Gasteiger partial charge in [-0.2, -0.15) is 0 Å². The van der Waals surface area contributed by atoms with Gasteiger partial charge in [-0.3, -0.25) is 10.1 Å². The van der Waals surface area contributed by atoms with Gasteiger partial charge in [0.05, 0.1) is 18.1 Å². The number of rotatable bonds is 7. The molecule has 1 aromatic rings. The highest BCUT2D eigenvalue weighted by Crippen LogP contribution is 2.27. The van der Waals surface area contributed by atoms with Crippen LogP contribution in [0.5, 0.6) is 5.75 Å². The average Bonchev–Trinajstić information content (AvgIpc) is 2.50. The number of benzene rings is 1. The van der Waals surface area contributed by atoms with Gasteiger partial charge in [-0.25, -0.2) is 4.79 Å². The van der Waals surface area contributed by atoms with Crippen LogP contribution in [0.15, 0.2) is 22.7 Å². The number of ether oxygens (including phenoxy) is 1. The molecule has 0 spiro atoms. The molecule has 23 heavy (non-hydrogen) atoms. The predicted molar refractivity (Wildman–Crippen MR) is 93.5 cm³/mol. The zero-order valence-electron chi connectivity index (χ0n) is 13.9. The molecule has 128 valence electrons. The Labute approximate surface area is 145 Å². The van der Waals surface area contributed by atoms with Crippen molar-refractivity contribution in [3.05, 3.63) is 28.2 Å². The Kier molecular flexibility index (Phi) is 8.05. The summed E-state index contributed by atoms with van der Waals surface area (Å²) in [4.78, 5) is 23.2. The molecule has 0 radical (unpaired) electrons. The maximum Gasteiger partial charge on any atom is 0.321 e. The minimum absolute atomic E-state index is 0.0401. The second kappa shape index (κ2) is 9.52. The number of methoxy groups -OCH3 is 1. The van der Waals surface area contributed by atoms with Crippen molar-refractivity contribution in [1.29, 1.82) is 0 Å². The van der Waals surface area contributed by atoms with E-state index in [2.05, 4.69) is 31.9 Å². The SMILES string of the molecule is COc1ccc([C@H](C)NCC(=O)NC(=O)NCC(C)C)cc1Br. The van der Waals surface area contributed by atoms with E-state index in [4.69, 9.17) is 4.74 Å². The van der Waals surface area contributed by atoms with Crippen LogP contribution in [0.2, 0.25) is 0 Å². The summed E-state index contributed by atoms with van der Waals surface area (Å²) in [6.45, 7) is 6.50. The highest BCUT2D eigenvalue weighted by atomic mass is 79.9. The van der Waals surface area contributed by atoms with Crippen molar-refractivity contribution in [1.82, 2.24) is 16.0 Å². The number of halogens is 1. The fourth-order valence-corrected chi connectivity index (χ4v) is 2.39. The van der Waals surface area contributed by atoms with Crippen molar-refractivity contribution in [2.45, 2.75) is 26.8 Å². The molecule has 0 heterocycles. The molecule has 0 unspecified atom stereocenters. The van der Waals surface area contributed by atoms with Gasteiger partial charge in [0.2, 0.25) is 5.91 Å². The lowest BCUT2D eigenvalue weighted by atomic mass is 10.1. The molecule has 0 aliphatic rings. The fraction of sp³-hybridized carbons (Fsp3) is 0.500. The largest absolute Gasteiger partial charge is 0.496 e. The third kappa shape index (κ3) is 7.00. The molecule has 7 heteroatoms. The molecule has 3 N–H and O–H groups in total. The Balaban J connectivity index is 2.43. The zero-order valence-corrected chi connectivity index (χ0v) is 15.5. The third-order valence-electron chi connectivity index (χ3n) is 3.17. The van der Waals surface area contributed by atoms with Gasteiger partial charge in [0.15, 0.2) is 0 Å². The Morgan fingerprint density at radius 3 is 2.52 bits per heavy atom. The van der Waals surface area contributed by atoms with Crippen molar-refractivity contribution in [3.8, 4) is 5.75 Å². The van der Waals surface area contributed by atoms with E-state index in [0.717, 1.165) is 15.8 Å². The molecule has 0 fully saturated rings. The van der Waals surface area contributed by atoms with E-state index in [1.54, 1.807) is 7.11 Å². The van der Waals surface area contributed by atoms with Gasteiger partial charge >= 0.3 is 6.03 Å². The van der Waals surface area contributed by atoms with E-state index < -0.39 is 6.03 Å². The first-order valence-corrected chi connectivity index (χ1v) is 8.27. The maximum atomic E-state index is 11.7. The fourth-order valence-electron chi connectivity index (χ4n) is 1.83. The highest BCUT2D eigenvalue weighted by Gasteiger charge is 2.12. The van der Waals surface area contributed by atoms with Crippen LogP contribution in [0.25, 0.3) is 0 Å². The number of urea groups is 1. The average molecular weight is 386 g/mol. The van der Waals surface area contributed by atoms with E-state index in [1.807, 2.05) is 39.0 Å². The molecular formula is C16H24BrN3O3. The molecule has 0 aliphatic carbocycles. The van der Waals surface area contributed by atoms with Crippen LogP contribution < -0.4 is 20.7 Å². The summed E-state index contributed by atoms with van der Waals surface area (Å²) in [5.41, 5.74) is 1.01. The lowest BCUT2D eigenvalue weighted by molar-refractivity contribution is -0.119. The third-order valence-corrected chi connectivity index (χ3v) is 3.79. The van der Waals surface area contributed by atoms with Gasteiger partial charge in [0, 0.05) is 12.6 Å². The summed E-state index contributed by atoms with van der Waals surface area (Å²) in [6, 6.07) is 5.21. The summed E-state index contributed by atoms with van der Waals surface area (Å²) in [5, 5.41) is 8.00. The maximum absolute atomic E-state index is 11.7. The van der Waals surface area contributed by atoms with Gasteiger partial charge in [0.1, 0.15) is 5.75 Å². The Hall–Kier alpha value is -1.60. The Morgan fingerprint density at radius 1 is 1.26 bits per heavy atom. The van der Waals surface area contributed by atoms with Crippen LogP contribution >= 0.6 is 15.9 Å². The molecule has 0 saturated carbocycles. The van der Waals surface area contributed by atoms with Gasteiger partial charge in [-0.05, 0) is 46.5 Å². The summed E-state index contributed by atoms with van der Waals surface area (Å²) < 4.78 is 6.04. The van der Waals surface area contributed by atoms with Crippen LogP contribution in [-0.2, 0) is 4.79 Å². The number of carbonyl (C=O) groups is 2. The number of hydrogen-bond donors (Lipinski definition) is 3. The lowest BCUT2D eigenvalue weighted by Crippen LogP contribution is -2.44. The van der Waals surface area contributed by atoms with Crippen LogP contribution in [0.3, 0.4) is 0 Å². The first-order valence-electron chi connectivity index (χ1n) is 7.48. The molecule has 0 aliphatic heterocycles. The quantitative estimate of drug-likeness (QED) is 0.673. The minimum Gasteiger partial charge on any atom is -0.496 e. The van der Waals surface area contributed by atoms with Crippen molar-refractivity contribution in [2.75, 3.05) is 20.2 Å². The van der Waals surface area contributed by atoms with Crippen LogP contribution in [-0.4, -0.2) is 32.1 Å². The van der Waals surface area contributed by atoms with E-state index in [9.17, 15) is 9.59 Å². The first kappa shape index (κ1) is 19.4. The van der Waals surface area contributed by atoms with Gasteiger partial charge < -0.3 is 15.4 Å². The Bertz CT molecular complexity index is 549. The summed E-state index contributed by atoms with van der Waals surface area (Å²) >= 11 is 3.43. The normalized spacial score (nSPS) is 11.9. The van der Waals surface area contributed by atoms with Crippen molar-refractivity contribution >= 4 is 27.9 Å². The topological polar surface area (TPSA) is 79.5 Å². The molecule has 1 aromatic carbocycles. The smallest absolute Gasteiger partial charge is 0.321 e. The second-order valence-electron chi connectivity index (χ2n) is 5.65. The number of carbonyl (C=O) groups excluding carboxylic acids is 2. The number of hydrogen-bond acceptors (Lipinski definition) is 4. The molecule has 0 aromatic heterocycles. The van der Waals surface area contributed by atoms with E-state index in [0.29, 0.717) is 12.5 Å². The van der Waals surface area contributed by atoms with Gasteiger partial charge in [-0.1, -0.05) is 19.9 Å². The number of amides is 3. The lowest BCUT2D eigenvalue weighted by Gasteiger charge is -2.15. The number of imide groups is 1. The summed E-state index contributed by atoms with van der Waals surface area (Å²) in [5.74, 6) is 0.716. The van der Waals surface area contributed by atoms with Crippen molar-refractivity contribution in [3.63, 3.8) is 0 Å². The summed E-state index contributed by atoms with van der Waals surface area (Å²) in [7, 11) is 1.61. The van der Waals surface area contributed by atoms with E-state index in [-0.39, 0.29) is 18.5 Å². The Morgan fingerprint density at radius 2 is 1.96 bits per heavy atom.